The molecule has 0 saturated heterocycles. The highest BCUT2D eigenvalue weighted by Crippen LogP contribution is 2.14. The second-order valence-corrected chi connectivity index (χ2v) is 3.46. The maximum atomic E-state index is 5.52. The van der Waals surface area contributed by atoms with E-state index >= 15 is 0 Å². The van der Waals surface area contributed by atoms with Crippen molar-refractivity contribution in [1.29, 1.82) is 0 Å². The summed E-state index contributed by atoms with van der Waals surface area (Å²) in [4.78, 5) is 8.30. The first kappa shape index (κ1) is 10.4. The molecule has 0 amide bonds. The van der Waals surface area contributed by atoms with Crippen molar-refractivity contribution in [2.24, 2.45) is 0 Å². The lowest BCUT2D eigenvalue weighted by Gasteiger charge is -2.03. The zero-order valence-electron chi connectivity index (χ0n) is 9.05. The molecule has 4 nitrogen and oxygen atoms in total. The maximum absolute atomic E-state index is 5.52. The molecule has 0 spiro atoms. The van der Waals surface area contributed by atoms with Crippen LogP contribution < -0.4 is 10.5 Å². The molecular formula is C12H13N3O. The average Bonchev–Trinajstić information content (AvgIpc) is 2.32. The van der Waals surface area contributed by atoms with Gasteiger partial charge in [-0.1, -0.05) is 12.1 Å². The van der Waals surface area contributed by atoms with Crippen molar-refractivity contribution in [2.75, 3.05) is 12.8 Å². The lowest BCUT2D eigenvalue weighted by Crippen LogP contribution is -1.98. The van der Waals surface area contributed by atoms with Crippen molar-refractivity contribution >= 4 is 5.69 Å². The zero-order chi connectivity index (χ0) is 11.4. The molecule has 0 saturated carbocycles. The molecule has 2 N–H and O–H groups in total. The van der Waals surface area contributed by atoms with E-state index in [1.807, 2.05) is 24.3 Å². The van der Waals surface area contributed by atoms with Gasteiger partial charge in [0.25, 0.3) is 0 Å². The van der Waals surface area contributed by atoms with Crippen LogP contribution in [0.2, 0.25) is 0 Å². The Kier molecular flexibility index (Phi) is 3.00. The number of nitrogen functional groups attached to an aromatic ring is 1. The molecule has 0 aliphatic rings. The van der Waals surface area contributed by atoms with Crippen LogP contribution >= 0.6 is 0 Å². The Balaban J connectivity index is 2.16. The molecule has 1 aromatic carbocycles. The lowest BCUT2D eigenvalue weighted by molar-refractivity contribution is 0.414. The van der Waals surface area contributed by atoms with Gasteiger partial charge < -0.3 is 10.5 Å². The molecule has 1 heterocycles. The van der Waals surface area contributed by atoms with Crippen molar-refractivity contribution in [3.8, 4) is 5.75 Å². The molecule has 0 radical (unpaired) electrons. The Morgan fingerprint density at radius 1 is 1.25 bits per heavy atom. The number of nitrogens with two attached hydrogens (primary N) is 1. The minimum absolute atomic E-state index is 0.578. The van der Waals surface area contributed by atoms with Crippen LogP contribution in [0.15, 0.2) is 36.7 Å². The average molecular weight is 215 g/mol. The van der Waals surface area contributed by atoms with Crippen LogP contribution in [0.3, 0.4) is 0 Å². The van der Waals surface area contributed by atoms with Gasteiger partial charge in [-0.2, -0.15) is 0 Å². The van der Waals surface area contributed by atoms with E-state index in [4.69, 9.17) is 10.5 Å². The normalized spacial score (nSPS) is 10.1. The van der Waals surface area contributed by atoms with Gasteiger partial charge in [0.15, 0.2) is 0 Å². The Morgan fingerprint density at radius 3 is 2.69 bits per heavy atom. The second kappa shape index (κ2) is 4.61. The Morgan fingerprint density at radius 2 is 2.00 bits per heavy atom. The van der Waals surface area contributed by atoms with Gasteiger partial charge >= 0.3 is 0 Å². The number of anilines is 1. The highest BCUT2D eigenvalue weighted by molar-refractivity contribution is 5.32. The first-order chi connectivity index (χ1) is 7.78. The van der Waals surface area contributed by atoms with Gasteiger partial charge in [-0.05, 0) is 17.7 Å². The fourth-order valence-electron chi connectivity index (χ4n) is 1.42. The highest BCUT2D eigenvalue weighted by atomic mass is 16.5. The Hall–Kier alpha value is -2.10. The smallest absolute Gasteiger partial charge is 0.132 e. The third kappa shape index (κ3) is 2.48. The van der Waals surface area contributed by atoms with Gasteiger partial charge in [0, 0.05) is 6.42 Å². The monoisotopic (exact) mass is 215 g/mol. The number of hydrogen-bond acceptors (Lipinski definition) is 4. The highest BCUT2D eigenvalue weighted by Gasteiger charge is 2.00. The minimum atomic E-state index is 0.578. The topological polar surface area (TPSA) is 61.0 Å². The van der Waals surface area contributed by atoms with E-state index in [1.54, 1.807) is 19.5 Å². The summed E-state index contributed by atoms with van der Waals surface area (Å²) in [6, 6.07) is 7.85. The maximum Gasteiger partial charge on any atom is 0.132 e. The molecule has 0 aliphatic carbocycles. The molecule has 2 aromatic rings. The van der Waals surface area contributed by atoms with Crippen LogP contribution in [0, 0.1) is 0 Å². The van der Waals surface area contributed by atoms with Crippen molar-refractivity contribution in [3.05, 3.63) is 48.0 Å². The largest absolute Gasteiger partial charge is 0.497 e. The van der Waals surface area contributed by atoms with Crippen molar-refractivity contribution in [3.63, 3.8) is 0 Å². The van der Waals surface area contributed by atoms with Gasteiger partial charge in [0.05, 0.1) is 25.2 Å². The van der Waals surface area contributed by atoms with Gasteiger partial charge in [-0.3, -0.25) is 0 Å². The zero-order valence-corrected chi connectivity index (χ0v) is 9.05. The molecule has 2 rings (SSSR count). The van der Waals surface area contributed by atoms with Gasteiger partial charge in [0.2, 0.25) is 0 Å². The first-order valence-corrected chi connectivity index (χ1v) is 4.97. The Bertz CT molecular complexity index is 468. The second-order valence-electron chi connectivity index (χ2n) is 3.46. The summed E-state index contributed by atoms with van der Waals surface area (Å²) in [5, 5.41) is 0. The van der Waals surface area contributed by atoms with Crippen LogP contribution in [0.4, 0.5) is 5.69 Å². The molecule has 0 fully saturated rings. The summed E-state index contributed by atoms with van der Waals surface area (Å²) in [5.41, 5.74) is 7.21. The SMILES string of the molecule is COc1cccc(Cc2ncc(N)cn2)c1. The number of aromatic nitrogens is 2. The summed E-state index contributed by atoms with van der Waals surface area (Å²) in [6.45, 7) is 0. The number of ether oxygens (including phenoxy) is 1. The molecular weight excluding hydrogens is 202 g/mol. The van der Waals surface area contributed by atoms with E-state index in [9.17, 15) is 0 Å². The first-order valence-electron chi connectivity index (χ1n) is 4.97. The van der Waals surface area contributed by atoms with E-state index in [2.05, 4.69) is 9.97 Å². The van der Waals surface area contributed by atoms with E-state index in [0.717, 1.165) is 17.1 Å². The van der Waals surface area contributed by atoms with Crippen LogP contribution in [-0.4, -0.2) is 17.1 Å². The van der Waals surface area contributed by atoms with Crippen molar-refractivity contribution in [1.82, 2.24) is 9.97 Å². The summed E-state index contributed by atoms with van der Waals surface area (Å²) in [7, 11) is 1.65. The van der Waals surface area contributed by atoms with E-state index < -0.39 is 0 Å². The standard InChI is InChI=1S/C12H13N3O/c1-16-11-4-2-3-9(5-11)6-12-14-7-10(13)8-15-12/h2-5,7-8H,6,13H2,1H3. The molecule has 0 bridgehead atoms. The Labute approximate surface area is 94.1 Å². The van der Waals surface area contributed by atoms with Gasteiger partial charge in [-0.15, -0.1) is 0 Å². The number of methoxy groups -OCH3 is 1. The van der Waals surface area contributed by atoms with Crippen molar-refractivity contribution < 1.29 is 4.74 Å². The fraction of sp³-hybridized carbons (Fsp3) is 0.167. The lowest BCUT2D eigenvalue weighted by atomic mass is 10.1. The van der Waals surface area contributed by atoms with Crippen LogP contribution in [-0.2, 0) is 6.42 Å². The van der Waals surface area contributed by atoms with E-state index in [-0.39, 0.29) is 0 Å². The summed E-state index contributed by atoms with van der Waals surface area (Å²) < 4.78 is 5.15. The number of benzene rings is 1. The van der Waals surface area contributed by atoms with Crippen LogP contribution in [0.5, 0.6) is 5.75 Å². The summed E-state index contributed by atoms with van der Waals surface area (Å²) >= 11 is 0. The molecule has 0 atom stereocenters. The quantitative estimate of drug-likeness (QED) is 0.845. The van der Waals surface area contributed by atoms with Crippen LogP contribution in [0.1, 0.15) is 11.4 Å². The third-order valence-electron chi connectivity index (χ3n) is 2.22. The third-order valence-corrected chi connectivity index (χ3v) is 2.22. The fourth-order valence-corrected chi connectivity index (χ4v) is 1.42. The number of rotatable bonds is 3. The number of nitrogens with zero attached hydrogens (tertiary/aromatic N) is 2. The molecule has 0 aliphatic heterocycles. The predicted octanol–water partition coefficient (Wildman–Crippen LogP) is 1.66. The molecule has 1 aromatic heterocycles. The molecule has 4 heteroatoms. The van der Waals surface area contributed by atoms with E-state index in [0.29, 0.717) is 12.1 Å². The van der Waals surface area contributed by atoms with Crippen molar-refractivity contribution in [2.45, 2.75) is 6.42 Å². The number of hydrogen-bond donors (Lipinski definition) is 1. The van der Waals surface area contributed by atoms with Crippen LogP contribution in [0.25, 0.3) is 0 Å². The molecule has 82 valence electrons. The van der Waals surface area contributed by atoms with E-state index in [1.165, 1.54) is 0 Å². The molecule has 0 unspecified atom stereocenters. The molecule has 16 heavy (non-hydrogen) atoms. The van der Waals surface area contributed by atoms with Gasteiger partial charge in [-0.25, -0.2) is 9.97 Å². The summed E-state index contributed by atoms with van der Waals surface area (Å²) in [6.07, 6.45) is 3.91. The van der Waals surface area contributed by atoms with Gasteiger partial charge in [0.1, 0.15) is 11.6 Å². The summed E-state index contributed by atoms with van der Waals surface area (Å²) in [5.74, 6) is 1.59. The minimum Gasteiger partial charge on any atom is -0.497 e. The predicted molar refractivity (Wildman–Crippen MR) is 62.2 cm³/mol.